The zero-order valence-corrected chi connectivity index (χ0v) is 35.4. The van der Waals surface area contributed by atoms with Gasteiger partial charge < -0.3 is 24.4 Å². The van der Waals surface area contributed by atoms with Crippen LogP contribution in [0.1, 0.15) is 206 Å². The van der Waals surface area contributed by atoms with Crippen molar-refractivity contribution >= 4 is 6.09 Å². The van der Waals surface area contributed by atoms with Crippen LogP contribution in [-0.2, 0) is 14.2 Å². The molecule has 6 heteroatoms. The molecule has 0 radical (unpaired) electrons. The zero-order valence-electron chi connectivity index (χ0n) is 35.4. The molecule has 0 aromatic heterocycles. The summed E-state index contributed by atoms with van der Waals surface area (Å²) in [4.78, 5) is 14.6. The summed E-state index contributed by atoms with van der Waals surface area (Å²) in [7, 11) is 4.14. The molecule has 0 unspecified atom stereocenters. The van der Waals surface area contributed by atoms with Gasteiger partial charge in [-0.15, -0.1) is 0 Å². The molecule has 0 saturated carbocycles. The average molecular weight is 735 g/mol. The molecule has 0 bridgehead atoms. The van der Waals surface area contributed by atoms with E-state index in [4.69, 9.17) is 14.2 Å². The van der Waals surface area contributed by atoms with Gasteiger partial charge in [0, 0.05) is 19.8 Å². The summed E-state index contributed by atoms with van der Waals surface area (Å²) in [5.74, 6) is 0. The lowest BCUT2D eigenvalue weighted by Gasteiger charge is -2.19. The van der Waals surface area contributed by atoms with Gasteiger partial charge >= 0.3 is 6.09 Å². The topological polar surface area (TPSA) is 60.0 Å². The number of amides is 1. The number of hydrogen-bond donors (Lipinski definition) is 1. The van der Waals surface area contributed by atoms with E-state index in [0.29, 0.717) is 33.0 Å². The molecular formula is C46H90N2O4. The molecule has 308 valence electrons. The molecule has 1 amide bonds. The van der Waals surface area contributed by atoms with Gasteiger partial charge in [0.05, 0.1) is 13.2 Å². The number of unbranched alkanes of at least 4 members (excludes halogenated alkanes) is 25. The van der Waals surface area contributed by atoms with Crippen LogP contribution in [0, 0.1) is 0 Å². The Bertz CT molecular complexity index is 711. The molecule has 0 aromatic carbocycles. The van der Waals surface area contributed by atoms with Crippen molar-refractivity contribution in [3.05, 3.63) is 24.3 Å². The highest BCUT2D eigenvalue weighted by atomic mass is 16.6. The van der Waals surface area contributed by atoms with E-state index in [2.05, 4.69) is 62.5 Å². The van der Waals surface area contributed by atoms with Crippen molar-refractivity contribution in [2.24, 2.45) is 0 Å². The fourth-order valence-electron chi connectivity index (χ4n) is 6.39. The summed E-state index contributed by atoms with van der Waals surface area (Å²) in [6, 6.07) is 0. The first-order valence-corrected chi connectivity index (χ1v) is 22.6. The summed E-state index contributed by atoms with van der Waals surface area (Å²) >= 11 is 0. The molecular weight excluding hydrogens is 645 g/mol. The van der Waals surface area contributed by atoms with Crippen LogP contribution in [0.15, 0.2) is 24.3 Å². The molecule has 0 spiro atoms. The summed E-state index contributed by atoms with van der Waals surface area (Å²) < 4.78 is 17.7. The van der Waals surface area contributed by atoms with Gasteiger partial charge in [-0.25, -0.2) is 4.79 Å². The average Bonchev–Trinajstić information content (AvgIpc) is 3.13. The third kappa shape index (κ3) is 43.0. The molecule has 0 rings (SSSR count). The number of nitrogens with zero attached hydrogens (tertiary/aromatic N) is 1. The van der Waals surface area contributed by atoms with E-state index in [1.165, 1.54) is 167 Å². The van der Waals surface area contributed by atoms with Crippen LogP contribution in [-0.4, -0.2) is 70.7 Å². The molecule has 0 aromatic rings. The van der Waals surface area contributed by atoms with Crippen molar-refractivity contribution in [3.63, 3.8) is 0 Å². The summed E-state index contributed by atoms with van der Waals surface area (Å²) in [6.07, 6.45) is 47.2. The minimum absolute atomic E-state index is 0.364. The van der Waals surface area contributed by atoms with Crippen LogP contribution in [0.5, 0.6) is 0 Å². The molecule has 0 fully saturated rings. The van der Waals surface area contributed by atoms with Gasteiger partial charge in [-0.2, -0.15) is 0 Å². The van der Waals surface area contributed by atoms with Gasteiger partial charge in [0.2, 0.25) is 0 Å². The lowest BCUT2D eigenvalue weighted by molar-refractivity contribution is -0.0292. The Morgan fingerprint density at radius 1 is 0.500 bits per heavy atom. The highest BCUT2D eigenvalue weighted by molar-refractivity contribution is 5.67. The SMILES string of the molecule is CCCCCCCC/C=C\CCCCCCCCOCC(COCCCCCCCC/C=C\CCCCCCCC)OC(=O)NCCCCN(C)C. The van der Waals surface area contributed by atoms with Crippen molar-refractivity contribution in [1.82, 2.24) is 10.2 Å². The van der Waals surface area contributed by atoms with Crippen molar-refractivity contribution in [2.45, 2.75) is 213 Å². The first-order chi connectivity index (χ1) is 25.6. The molecule has 6 nitrogen and oxygen atoms in total. The normalized spacial score (nSPS) is 12.0. The van der Waals surface area contributed by atoms with E-state index >= 15 is 0 Å². The Labute approximate surface area is 325 Å². The van der Waals surface area contributed by atoms with Gasteiger partial charge in [0.1, 0.15) is 0 Å². The van der Waals surface area contributed by atoms with Gasteiger partial charge in [-0.1, -0.05) is 154 Å². The quantitative estimate of drug-likeness (QED) is 0.0500. The van der Waals surface area contributed by atoms with Crippen LogP contribution >= 0.6 is 0 Å². The molecule has 0 saturated heterocycles. The summed E-state index contributed by atoms with van der Waals surface area (Å²) in [6.45, 7) is 8.42. The number of nitrogens with one attached hydrogen (secondary N) is 1. The number of allylic oxidation sites excluding steroid dienone is 4. The van der Waals surface area contributed by atoms with Crippen LogP contribution < -0.4 is 5.32 Å². The van der Waals surface area contributed by atoms with Gasteiger partial charge in [0.25, 0.3) is 0 Å². The van der Waals surface area contributed by atoms with Crippen LogP contribution in [0.3, 0.4) is 0 Å². The lowest BCUT2D eigenvalue weighted by Crippen LogP contribution is -2.35. The van der Waals surface area contributed by atoms with Crippen molar-refractivity contribution in [3.8, 4) is 0 Å². The van der Waals surface area contributed by atoms with E-state index in [9.17, 15) is 4.79 Å². The van der Waals surface area contributed by atoms with Crippen molar-refractivity contribution in [2.75, 3.05) is 53.6 Å². The van der Waals surface area contributed by atoms with E-state index in [0.717, 1.165) is 32.2 Å². The Morgan fingerprint density at radius 2 is 0.865 bits per heavy atom. The third-order valence-electron chi connectivity index (χ3n) is 9.78. The third-order valence-corrected chi connectivity index (χ3v) is 9.78. The number of ether oxygens (including phenoxy) is 3. The second kappa shape index (κ2) is 44.0. The molecule has 0 aliphatic heterocycles. The van der Waals surface area contributed by atoms with Crippen LogP contribution in [0.25, 0.3) is 0 Å². The highest BCUT2D eigenvalue weighted by Gasteiger charge is 2.15. The number of carbonyl (C=O) groups excluding carboxylic acids is 1. The Morgan fingerprint density at radius 3 is 1.25 bits per heavy atom. The van der Waals surface area contributed by atoms with Crippen LogP contribution in [0.2, 0.25) is 0 Å². The first kappa shape index (κ1) is 50.6. The predicted octanol–water partition coefficient (Wildman–Crippen LogP) is 13.5. The number of alkyl carbamates (subject to hydrolysis) is 1. The number of carbonyl (C=O) groups is 1. The fourth-order valence-corrected chi connectivity index (χ4v) is 6.39. The Kier molecular flexibility index (Phi) is 42.9. The molecule has 0 aliphatic carbocycles. The predicted molar refractivity (Wildman–Crippen MR) is 227 cm³/mol. The zero-order chi connectivity index (χ0) is 37.8. The second-order valence-electron chi connectivity index (χ2n) is 15.5. The number of hydrogen-bond acceptors (Lipinski definition) is 5. The van der Waals surface area contributed by atoms with E-state index in [1.807, 2.05) is 0 Å². The van der Waals surface area contributed by atoms with Gasteiger partial charge in [0.15, 0.2) is 6.10 Å². The van der Waals surface area contributed by atoms with Gasteiger partial charge in [-0.3, -0.25) is 0 Å². The maximum Gasteiger partial charge on any atom is 0.407 e. The maximum atomic E-state index is 12.5. The fraction of sp³-hybridized carbons (Fsp3) is 0.891. The van der Waals surface area contributed by atoms with Gasteiger partial charge in [-0.05, 0) is 97.7 Å². The van der Waals surface area contributed by atoms with E-state index < -0.39 is 0 Å². The molecule has 0 heterocycles. The molecule has 0 aliphatic rings. The molecule has 1 N–H and O–H groups in total. The minimum atomic E-state index is -0.370. The summed E-state index contributed by atoms with van der Waals surface area (Å²) in [5, 5.41) is 2.91. The smallest absolute Gasteiger partial charge is 0.407 e. The Balaban J connectivity index is 3.98. The largest absolute Gasteiger partial charge is 0.441 e. The maximum absolute atomic E-state index is 12.5. The second-order valence-corrected chi connectivity index (χ2v) is 15.5. The molecule has 0 atom stereocenters. The van der Waals surface area contributed by atoms with E-state index in [1.54, 1.807) is 0 Å². The molecule has 52 heavy (non-hydrogen) atoms. The standard InChI is InChI=1S/C46H90N2O4/c1-5-7-9-11-13-15-17-19-21-23-25-27-29-31-33-37-41-50-43-45(52-46(49)47-39-35-36-40-48(3)4)44-51-42-38-34-32-30-28-26-24-22-20-18-16-14-12-10-8-6-2/h19-22,45H,5-18,23-44H2,1-4H3,(H,47,49)/b21-19-,22-20-. The van der Waals surface area contributed by atoms with E-state index in [-0.39, 0.29) is 12.2 Å². The number of rotatable bonds is 42. The monoisotopic (exact) mass is 735 g/mol. The first-order valence-electron chi connectivity index (χ1n) is 22.6. The minimum Gasteiger partial charge on any atom is -0.441 e. The van der Waals surface area contributed by atoms with Crippen molar-refractivity contribution in [1.29, 1.82) is 0 Å². The highest BCUT2D eigenvalue weighted by Crippen LogP contribution is 2.12. The summed E-state index contributed by atoms with van der Waals surface area (Å²) in [5.41, 5.74) is 0. The van der Waals surface area contributed by atoms with Crippen molar-refractivity contribution < 1.29 is 19.0 Å². The lowest BCUT2D eigenvalue weighted by atomic mass is 10.1. The van der Waals surface area contributed by atoms with Crippen LogP contribution in [0.4, 0.5) is 4.79 Å². The Hall–Kier alpha value is -1.37.